The summed E-state index contributed by atoms with van der Waals surface area (Å²) in [4.78, 5) is 0. The normalized spacial score (nSPS) is 9.85. The van der Waals surface area contributed by atoms with Gasteiger partial charge in [0, 0.05) is 10.6 Å². The molecule has 0 fully saturated rings. The Hall–Kier alpha value is -2.18. The number of nitrogens with zero attached hydrogens (tertiary/aromatic N) is 1. The van der Waals surface area contributed by atoms with E-state index in [0.717, 1.165) is 5.56 Å². The SMILES string of the molecule is CCOc1ccccc1OCc1ccc(C#N)cc1Cl. The lowest BCUT2D eigenvalue weighted by Crippen LogP contribution is -2.00. The molecule has 0 unspecified atom stereocenters. The summed E-state index contributed by atoms with van der Waals surface area (Å²) < 4.78 is 11.2. The Morgan fingerprint density at radius 3 is 2.40 bits per heavy atom. The first-order valence-corrected chi connectivity index (χ1v) is 6.65. The van der Waals surface area contributed by atoms with E-state index in [1.54, 1.807) is 18.2 Å². The highest BCUT2D eigenvalue weighted by molar-refractivity contribution is 6.31. The van der Waals surface area contributed by atoms with Gasteiger partial charge in [0.2, 0.25) is 0 Å². The van der Waals surface area contributed by atoms with Crippen molar-refractivity contribution >= 4 is 11.6 Å². The molecule has 20 heavy (non-hydrogen) atoms. The third-order valence-electron chi connectivity index (χ3n) is 2.71. The maximum atomic E-state index is 8.80. The van der Waals surface area contributed by atoms with Crippen molar-refractivity contribution in [3.8, 4) is 17.6 Å². The van der Waals surface area contributed by atoms with Gasteiger partial charge in [-0.05, 0) is 31.2 Å². The molecule has 0 saturated carbocycles. The topological polar surface area (TPSA) is 42.2 Å². The summed E-state index contributed by atoms with van der Waals surface area (Å²) in [7, 11) is 0. The molecular formula is C16H14ClNO2. The van der Waals surface area contributed by atoms with Crippen molar-refractivity contribution in [1.29, 1.82) is 5.26 Å². The zero-order valence-electron chi connectivity index (χ0n) is 11.1. The molecule has 0 N–H and O–H groups in total. The molecule has 4 heteroatoms. The summed E-state index contributed by atoms with van der Waals surface area (Å²) in [6.07, 6.45) is 0. The van der Waals surface area contributed by atoms with Crippen LogP contribution in [0.25, 0.3) is 0 Å². The summed E-state index contributed by atoms with van der Waals surface area (Å²) in [6.45, 7) is 2.83. The van der Waals surface area contributed by atoms with Crippen LogP contribution >= 0.6 is 11.6 Å². The molecule has 0 aliphatic carbocycles. The molecule has 3 nitrogen and oxygen atoms in total. The number of hydrogen-bond acceptors (Lipinski definition) is 3. The third-order valence-corrected chi connectivity index (χ3v) is 3.07. The van der Waals surface area contributed by atoms with Crippen LogP contribution in [0.2, 0.25) is 5.02 Å². The molecule has 102 valence electrons. The third kappa shape index (κ3) is 3.43. The molecule has 0 radical (unpaired) electrons. The van der Waals surface area contributed by atoms with Gasteiger partial charge in [-0.2, -0.15) is 5.26 Å². The van der Waals surface area contributed by atoms with Gasteiger partial charge in [0.25, 0.3) is 0 Å². The van der Waals surface area contributed by atoms with Crippen LogP contribution in [0.15, 0.2) is 42.5 Å². The quantitative estimate of drug-likeness (QED) is 0.828. The Balaban J connectivity index is 2.11. The van der Waals surface area contributed by atoms with Gasteiger partial charge in [0.05, 0.1) is 18.2 Å². The second kappa shape index (κ2) is 6.83. The number of ether oxygens (including phenoxy) is 2. The lowest BCUT2D eigenvalue weighted by molar-refractivity contribution is 0.269. The van der Waals surface area contributed by atoms with Crippen LogP contribution in [-0.4, -0.2) is 6.61 Å². The predicted molar refractivity (Wildman–Crippen MR) is 78.1 cm³/mol. The van der Waals surface area contributed by atoms with Crippen LogP contribution in [-0.2, 0) is 6.61 Å². The zero-order chi connectivity index (χ0) is 14.4. The number of benzene rings is 2. The highest BCUT2D eigenvalue weighted by atomic mass is 35.5. The fraction of sp³-hybridized carbons (Fsp3) is 0.188. The minimum atomic E-state index is 0.328. The van der Waals surface area contributed by atoms with Crippen molar-refractivity contribution in [2.75, 3.05) is 6.61 Å². The average molecular weight is 288 g/mol. The van der Waals surface area contributed by atoms with Crippen LogP contribution < -0.4 is 9.47 Å². The molecular weight excluding hydrogens is 274 g/mol. The molecule has 2 rings (SSSR count). The minimum Gasteiger partial charge on any atom is -0.490 e. The molecule has 0 atom stereocenters. The maximum Gasteiger partial charge on any atom is 0.161 e. The van der Waals surface area contributed by atoms with E-state index in [0.29, 0.717) is 35.3 Å². The van der Waals surface area contributed by atoms with Gasteiger partial charge < -0.3 is 9.47 Å². The van der Waals surface area contributed by atoms with Gasteiger partial charge in [-0.25, -0.2) is 0 Å². The average Bonchev–Trinajstić information content (AvgIpc) is 2.47. The zero-order valence-corrected chi connectivity index (χ0v) is 11.9. The van der Waals surface area contributed by atoms with Gasteiger partial charge in [0.15, 0.2) is 11.5 Å². The first-order valence-electron chi connectivity index (χ1n) is 6.27. The van der Waals surface area contributed by atoms with Gasteiger partial charge in [-0.3, -0.25) is 0 Å². The van der Waals surface area contributed by atoms with Crippen LogP contribution in [0.4, 0.5) is 0 Å². The highest BCUT2D eigenvalue weighted by Gasteiger charge is 2.06. The van der Waals surface area contributed by atoms with Crippen molar-refractivity contribution in [1.82, 2.24) is 0 Å². The predicted octanol–water partition coefficient (Wildman–Crippen LogP) is 4.19. The van der Waals surface area contributed by atoms with Crippen LogP contribution in [0, 0.1) is 11.3 Å². The van der Waals surface area contributed by atoms with Crippen LogP contribution in [0.3, 0.4) is 0 Å². The standard InChI is InChI=1S/C16H14ClNO2/c1-2-19-15-5-3-4-6-16(15)20-11-13-8-7-12(10-18)9-14(13)17/h3-9H,2,11H2,1H3. The maximum absolute atomic E-state index is 8.80. The van der Waals surface area contributed by atoms with Gasteiger partial charge >= 0.3 is 0 Å². The van der Waals surface area contributed by atoms with Gasteiger partial charge in [0.1, 0.15) is 6.61 Å². The fourth-order valence-electron chi connectivity index (χ4n) is 1.73. The van der Waals surface area contributed by atoms with E-state index in [9.17, 15) is 0 Å². The van der Waals surface area contributed by atoms with Gasteiger partial charge in [-0.15, -0.1) is 0 Å². The van der Waals surface area contributed by atoms with E-state index < -0.39 is 0 Å². The second-order valence-electron chi connectivity index (χ2n) is 4.09. The van der Waals surface area contributed by atoms with E-state index in [2.05, 4.69) is 0 Å². The Kier molecular flexibility index (Phi) is 4.86. The van der Waals surface area contributed by atoms with Crippen LogP contribution in [0.5, 0.6) is 11.5 Å². The summed E-state index contributed by atoms with van der Waals surface area (Å²) in [5, 5.41) is 9.33. The van der Waals surface area contributed by atoms with Crippen molar-refractivity contribution in [3.05, 3.63) is 58.6 Å². The molecule has 2 aromatic carbocycles. The molecule has 0 amide bonds. The largest absolute Gasteiger partial charge is 0.490 e. The molecule has 0 bridgehead atoms. The molecule has 0 spiro atoms. The monoisotopic (exact) mass is 287 g/mol. The number of para-hydroxylation sites is 2. The first-order chi connectivity index (χ1) is 9.74. The van der Waals surface area contributed by atoms with E-state index in [1.807, 2.05) is 37.3 Å². The smallest absolute Gasteiger partial charge is 0.161 e. The van der Waals surface area contributed by atoms with E-state index in [4.69, 9.17) is 26.3 Å². The number of halogens is 1. The molecule has 0 aromatic heterocycles. The summed E-state index contributed by atoms with van der Waals surface area (Å²) in [5.74, 6) is 1.38. The Morgan fingerprint density at radius 2 is 1.80 bits per heavy atom. The minimum absolute atomic E-state index is 0.328. The Labute approximate surface area is 123 Å². The summed E-state index contributed by atoms with van der Waals surface area (Å²) in [5.41, 5.74) is 1.37. The molecule has 0 aliphatic heterocycles. The Morgan fingerprint density at radius 1 is 1.10 bits per heavy atom. The van der Waals surface area contributed by atoms with Crippen molar-refractivity contribution < 1.29 is 9.47 Å². The van der Waals surface area contributed by atoms with Gasteiger partial charge in [-0.1, -0.05) is 29.8 Å². The second-order valence-corrected chi connectivity index (χ2v) is 4.49. The molecule has 0 saturated heterocycles. The first kappa shape index (κ1) is 14.2. The van der Waals surface area contributed by atoms with Crippen molar-refractivity contribution in [3.63, 3.8) is 0 Å². The fourth-order valence-corrected chi connectivity index (χ4v) is 1.97. The number of nitriles is 1. The van der Waals surface area contributed by atoms with Crippen molar-refractivity contribution in [2.45, 2.75) is 13.5 Å². The number of hydrogen-bond donors (Lipinski definition) is 0. The summed E-state index contributed by atoms with van der Waals surface area (Å²) >= 11 is 6.11. The lowest BCUT2D eigenvalue weighted by Gasteiger charge is -2.12. The van der Waals surface area contributed by atoms with E-state index in [1.165, 1.54) is 0 Å². The molecule has 2 aromatic rings. The van der Waals surface area contributed by atoms with E-state index >= 15 is 0 Å². The highest BCUT2D eigenvalue weighted by Crippen LogP contribution is 2.28. The Bertz CT molecular complexity index is 635. The van der Waals surface area contributed by atoms with E-state index in [-0.39, 0.29) is 0 Å². The lowest BCUT2D eigenvalue weighted by atomic mass is 10.1. The molecule has 0 aliphatic rings. The summed E-state index contributed by atoms with van der Waals surface area (Å²) in [6, 6.07) is 14.7. The van der Waals surface area contributed by atoms with Crippen LogP contribution in [0.1, 0.15) is 18.1 Å². The van der Waals surface area contributed by atoms with Crippen molar-refractivity contribution in [2.24, 2.45) is 0 Å². The molecule has 0 heterocycles. The number of rotatable bonds is 5.